The number of nitrogens with one attached hydrogen (secondary N) is 1. The van der Waals surface area contributed by atoms with Crippen LogP contribution in [0.5, 0.6) is 11.5 Å². The molecule has 0 aliphatic rings. The van der Waals surface area contributed by atoms with Gasteiger partial charge >= 0.3 is 0 Å². The molecule has 1 rings (SSSR count). The first kappa shape index (κ1) is 13.4. The summed E-state index contributed by atoms with van der Waals surface area (Å²) in [5.41, 5.74) is 0.352. The normalized spacial score (nSPS) is 10.5. The topological polar surface area (TPSA) is 69.6 Å². The van der Waals surface area contributed by atoms with Crippen molar-refractivity contribution in [2.24, 2.45) is 5.92 Å². The summed E-state index contributed by atoms with van der Waals surface area (Å²) in [5, 5.41) is 21.2. The van der Waals surface area contributed by atoms with Crippen molar-refractivity contribution in [2.45, 2.75) is 26.7 Å². The van der Waals surface area contributed by atoms with E-state index in [2.05, 4.69) is 19.2 Å². The monoisotopic (exact) mass is 237 g/mol. The molecular weight excluding hydrogens is 218 g/mol. The molecule has 0 atom stereocenters. The number of phenols is 2. The van der Waals surface area contributed by atoms with Gasteiger partial charge in [-0.1, -0.05) is 13.8 Å². The summed E-state index contributed by atoms with van der Waals surface area (Å²) < 4.78 is 0. The molecule has 0 radical (unpaired) electrons. The first-order valence-electron chi connectivity index (χ1n) is 5.81. The van der Waals surface area contributed by atoms with Crippen LogP contribution in [-0.4, -0.2) is 22.7 Å². The highest BCUT2D eigenvalue weighted by atomic mass is 16.3. The van der Waals surface area contributed by atoms with Crippen LogP contribution in [0.2, 0.25) is 0 Å². The Morgan fingerprint density at radius 3 is 2.59 bits per heavy atom. The van der Waals surface area contributed by atoms with E-state index in [1.165, 1.54) is 18.2 Å². The van der Waals surface area contributed by atoms with Crippen molar-refractivity contribution >= 4 is 5.91 Å². The molecule has 0 fully saturated rings. The van der Waals surface area contributed by atoms with Gasteiger partial charge in [-0.3, -0.25) is 4.79 Å². The molecule has 0 aromatic heterocycles. The summed E-state index contributed by atoms with van der Waals surface area (Å²) in [6.07, 6.45) is 2.01. The lowest BCUT2D eigenvalue weighted by Crippen LogP contribution is -2.24. The van der Waals surface area contributed by atoms with Gasteiger partial charge in [0.1, 0.15) is 0 Å². The van der Waals surface area contributed by atoms with Crippen LogP contribution in [0.15, 0.2) is 18.2 Å². The number of benzene rings is 1. The zero-order chi connectivity index (χ0) is 12.8. The van der Waals surface area contributed by atoms with E-state index in [1.54, 1.807) is 0 Å². The van der Waals surface area contributed by atoms with Crippen LogP contribution < -0.4 is 5.32 Å². The van der Waals surface area contributed by atoms with Crippen LogP contribution in [-0.2, 0) is 0 Å². The molecule has 0 aliphatic carbocycles. The van der Waals surface area contributed by atoms with Crippen molar-refractivity contribution < 1.29 is 15.0 Å². The second kappa shape index (κ2) is 6.13. The Kier molecular flexibility index (Phi) is 4.82. The van der Waals surface area contributed by atoms with Gasteiger partial charge in [-0.25, -0.2) is 0 Å². The van der Waals surface area contributed by atoms with Crippen molar-refractivity contribution in [3.05, 3.63) is 23.8 Å². The van der Waals surface area contributed by atoms with Gasteiger partial charge in [0.2, 0.25) is 0 Å². The number of carbonyl (C=O) groups is 1. The number of rotatable bonds is 5. The summed E-state index contributed by atoms with van der Waals surface area (Å²) in [5.74, 6) is -0.102. The molecule has 1 aromatic rings. The number of phenolic OH excluding ortho intramolecular Hbond substituents is 2. The molecule has 4 nitrogen and oxygen atoms in total. The van der Waals surface area contributed by atoms with Crippen LogP contribution in [0, 0.1) is 5.92 Å². The predicted octanol–water partition coefficient (Wildman–Crippen LogP) is 2.26. The highest BCUT2D eigenvalue weighted by molar-refractivity contribution is 5.94. The van der Waals surface area contributed by atoms with Gasteiger partial charge in [-0.15, -0.1) is 0 Å². The highest BCUT2D eigenvalue weighted by Gasteiger charge is 2.08. The number of amides is 1. The zero-order valence-corrected chi connectivity index (χ0v) is 10.2. The molecule has 0 saturated carbocycles. The van der Waals surface area contributed by atoms with Gasteiger partial charge < -0.3 is 15.5 Å². The van der Waals surface area contributed by atoms with E-state index in [0.29, 0.717) is 18.0 Å². The summed E-state index contributed by atoms with van der Waals surface area (Å²) in [4.78, 5) is 11.6. The Bertz CT molecular complexity index is 388. The lowest BCUT2D eigenvalue weighted by Gasteiger charge is -2.07. The number of hydrogen-bond acceptors (Lipinski definition) is 3. The van der Waals surface area contributed by atoms with Crippen LogP contribution >= 0.6 is 0 Å². The zero-order valence-electron chi connectivity index (χ0n) is 10.2. The molecule has 0 unspecified atom stereocenters. The largest absolute Gasteiger partial charge is 0.504 e. The van der Waals surface area contributed by atoms with E-state index in [0.717, 1.165) is 12.8 Å². The Morgan fingerprint density at radius 2 is 2.00 bits per heavy atom. The molecule has 17 heavy (non-hydrogen) atoms. The maximum atomic E-state index is 11.6. The average Bonchev–Trinajstić information content (AvgIpc) is 2.27. The summed E-state index contributed by atoms with van der Waals surface area (Å²) in [7, 11) is 0. The Balaban J connectivity index is 2.44. The van der Waals surface area contributed by atoms with E-state index in [4.69, 9.17) is 5.11 Å². The number of carbonyl (C=O) groups excluding carboxylic acids is 1. The van der Waals surface area contributed by atoms with Gasteiger partial charge in [0.05, 0.1) is 0 Å². The predicted molar refractivity (Wildman–Crippen MR) is 66.2 cm³/mol. The van der Waals surface area contributed by atoms with E-state index >= 15 is 0 Å². The molecule has 0 saturated heterocycles. The van der Waals surface area contributed by atoms with E-state index in [-0.39, 0.29) is 17.4 Å². The first-order chi connectivity index (χ1) is 8.00. The molecule has 0 bridgehead atoms. The van der Waals surface area contributed by atoms with E-state index in [9.17, 15) is 9.90 Å². The van der Waals surface area contributed by atoms with Gasteiger partial charge in [0.15, 0.2) is 11.5 Å². The van der Waals surface area contributed by atoms with Crippen LogP contribution in [0.3, 0.4) is 0 Å². The van der Waals surface area contributed by atoms with Gasteiger partial charge in [-0.05, 0) is 37.0 Å². The maximum Gasteiger partial charge on any atom is 0.251 e. The lowest BCUT2D eigenvalue weighted by molar-refractivity contribution is 0.0952. The lowest BCUT2D eigenvalue weighted by atomic mass is 10.1. The van der Waals surface area contributed by atoms with E-state index in [1.807, 2.05) is 0 Å². The van der Waals surface area contributed by atoms with Crippen molar-refractivity contribution in [3.8, 4) is 11.5 Å². The fourth-order valence-electron chi connectivity index (χ4n) is 1.48. The van der Waals surface area contributed by atoms with Crippen molar-refractivity contribution in [1.29, 1.82) is 0 Å². The molecule has 4 heteroatoms. The first-order valence-corrected chi connectivity index (χ1v) is 5.81. The van der Waals surface area contributed by atoms with E-state index < -0.39 is 0 Å². The second-order valence-corrected chi connectivity index (χ2v) is 4.50. The Labute approximate surface area is 101 Å². The van der Waals surface area contributed by atoms with Crippen LogP contribution in [0.1, 0.15) is 37.0 Å². The third-order valence-corrected chi connectivity index (χ3v) is 2.48. The smallest absolute Gasteiger partial charge is 0.251 e. The summed E-state index contributed by atoms with van der Waals surface area (Å²) >= 11 is 0. The molecule has 0 heterocycles. The highest BCUT2D eigenvalue weighted by Crippen LogP contribution is 2.24. The average molecular weight is 237 g/mol. The molecule has 1 amide bonds. The molecular formula is C13H19NO3. The molecule has 94 valence electrons. The molecule has 0 spiro atoms. The number of hydrogen-bond donors (Lipinski definition) is 3. The summed E-state index contributed by atoms with van der Waals surface area (Å²) in [6.45, 7) is 4.90. The fourth-order valence-corrected chi connectivity index (χ4v) is 1.48. The van der Waals surface area contributed by atoms with Gasteiger partial charge in [0, 0.05) is 12.1 Å². The minimum Gasteiger partial charge on any atom is -0.504 e. The van der Waals surface area contributed by atoms with Crippen molar-refractivity contribution in [1.82, 2.24) is 5.32 Å². The standard InChI is InChI=1S/C13H19NO3/c1-9(2)4-3-7-14-13(17)10-5-6-11(15)12(16)8-10/h5-6,8-9,15-16H,3-4,7H2,1-2H3,(H,14,17). The Morgan fingerprint density at radius 1 is 1.29 bits per heavy atom. The van der Waals surface area contributed by atoms with Crippen LogP contribution in [0.25, 0.3) is 0 Å². The van der Waals surface area contributed by atoms with Gasteiger partial charge in [-0.2, -0.15) is 0 Å². The third kappa shape index (κ3) is 4.34. The SMILES string of the molecule is CC(C)CCCNC(=O)c1ccc(O)c(O)c1. The third-order valence-electron chi connectivity index (χ3n) is 2.48. The molecule has 3 N–H and O–H groups in total. The van der Waals surface area contributed by atoms with Crippen molar-refractivity contribution in [2.75, 3.05) is 6.54 Å². The minimum absolute atomic E-state index is 0.221. The maximum absolute atomic E-state index is 11.6. The Hall–Kier alpha value is -1.71. The fraction of sp³-hybridized carbons (Fsp3) is 0.462. The molecule has 1 aromatic carbocycles. The number of aromatic hydroxyl groups is 2. The minimum atomic E-state index is -0.278. The van der Waals surface area contributed by atoms with Crippen molar-refractivity contribution in [3.63, 3.8) is 0 Å². The second-order valence-electron chi connectivity index (χ2n) is 4.50. The van der Waals surface area contributed by atoms with Crippen LogP contribution in [0.4, 0.5) is 0 Å². The quantitative estimate of drug-likeness (QED) is 0.543. The van der Waals surface area contributed by atoms with Gasteiger partial charge in [0.25, 0.3) is 5.91 Å². The molecule has 0 aliphatic heterocycles. The summed E-state index contributed by atoms with van der Waals surface area (Å²) in [6, 6.07) is 4.04.